The van der Waals surface area contributed by atoms with Crippen molar-refractivity contribution in [1.29, 1.82) is 0 Å². The number of rotatable bonds is 5. The predicted octanol–water partition coefficient (Wildman–Crippen LogP) is 3.95. The molecule has 0 aliphatic carbocycles. The number of hydrogen-bond donors (Lipinski definition) is 1. The molecule has 2 heterocycles. The third-order valence-electron chi connectivity index (χ3n) is 5.16. The Labute approximate surface area is 173 Å². The van der Waals surface area contributed by atoms with Crippen molar-refractivity contribution in [2.45, 2.75) is 63.9 Å². The molecule has 3 atom stereocenters. The van der Waals surface area contributed by atoms with Crippen LogP contribution in [0.4, 0.5) is 8.78 Å². The van der Waals surface area contributed by atoms with E-state index in [1.54, 1.807) is 0 Å². The summed E-state index contributed by atoms with van der Waals surface area (Å²) >= 11 is 3.54. The molecule has 0 saturated carbocycles. The Kier molecular flexibility index (Phi) is 6.54. The summed E-state index contributed by atoms with van der Waals surface area (Å²) < 4.78 is 42.7. The Balaban J connectivity index is 1.89. The van der Waals surface area contributed by atoms with Crippen molar-refractivity contribution in [3.8, 4) is 11.5 Å². The van der Waals surface area contributed by atoms with Gasteiger partial charge in [0.15, 0.2) is 11.5 Å². The number of aliphatic hydroxyl groups excluding tert-OH is 1. The average Bonchev–Trinajstić information content (AvgIpc) is 2.60. The van der Waals surface area contributed by atoms with E-state index in [0.29, 0.717) is 28.9 Å². The number of halogens is 3. The molecule has 0 radical (unpaired) electrons. The Morgan fingerprint density at radius 3 is 2.68 bits per heavy atom. The van der Waals surface area contributed by atoms with E-state index in [2.05, 4.69) is 20.8 Å². The summed E-state index contributed by atoms with van der Waals surface area (Å²) in [6.45, 7) is 6.72. The SMILES string of the molecule is COc1cc2c(c(Br)c1OCC(F)F)CCN1C[C@@H](OC(C)(C)C)[C@H](O)C[C@H]21. The quantitative estimate of drug-likeness (QED) is 0.716. The fraction of sp³-hybridized carbons (Fsp3) is 0.700. The summed E-state index contributed by atoms with van der Waals surface area (Å²) in [5, 5.41) is 10.7. The van der Waals surface area contributed by atoms with Crippen molar-refractivity contribution >= 4 is 15.9 Å². The first-order valence-electron chi connectivity index (χ1n) is 9.51. The van der Waals surface area contributed by atoms with Crippen LogP contribution in [0, 0.1) is 0 Å². The maximum Gasteiger partial charge on any atom is 0.272 e. The van der Waals surface area contributed by atoms with Crippen LogP contribution in [0.15, 0.2) is 10.5 Å². The van der Waals surface area contributed by atoms with Gasteiger partial charge in [-0.2, -0.15) is 0 Å². The molecule has 1 aromatic rings. The van der Waals surface area contributed by atoms with Crippen LogP contribution in [0.5, 0.6) is 11.5 Å². The largest absolute Gasteiger partial charge is 0.493 e. The molecule has 8 heteroatoms. The van der Waals surface area contributed by atoms with E-state index in [9.17, 15) is 13.9 Å². The first kappa shape index (κ1) is 21.7. The van der Waals surface area contributed by atoms with Gasteiger partial charge in [0.25, 0.3) is 6.43 Å². The van der Waals surface area contributed by atoms with Crippen molar-refractivity contribution in [1.82, 2.24) is 4.90 Å². The lowest BCUT2D eigenvalue weighted by Gasteiger charge is -2.47. The van der Waals surface area contributed by atoms with Gasteiger partial charge in [-0.3, -0.25) is 4.90 Å². The minimum Gasteiger partial charge on any atom is -0.493 e. The first-order valence-corrected chi connectivity index (χ1v) is 10.3. The normalized spacial score (nSPS) is 25.4. The van der Waals surface area contributed by atoms with Gasteiger partial charge in [0, 0.05) is 19.1 Å². The highest BCUT2D eigenvalue weighted by molar-refractivity contribution is 9.10. The lowest BCUT2D eigenvalue weighted by molar-refractivity contribution is -0.149. The van der Waals surface area contributed by atoms with Crippen LogP contribution in [0.2, 0.25) is 0 Å². The fourth-order valence-electron chi connectivity index (χ4n) is 4.06. The summed E-state index contributed by atoms with van der Waals surface area (Å²) in [5.41, 5.74) is 1.73. The van der Waals surface area contributed by atoms with Crippen molar-refractivity contribution in [3.63, 3.8) is 0 Å². The number of benzene rings is 1. The smallest absolute Gasteiger partial charge is 0.272 e. The number of piperidine rings is 1. The molecule has 0 amide bonds. The molecule has 1 saturated heterocycles. The molecule has 1 fully saturated rings. The molecule has 2 aliphatic heterocycles. The van der Waals surface area contributed by atoms with Crippen LogP contribution in [0.1, 0.15) is 44.4 Å². The molecule has 2 aliphatic rings. The number of hydrogen-bond acceptors (Lipinski definition) is 5. The van der Waals surface area contributed by atoms with Gasteiger partial charge in [-0.1, -0.05) is 0 Å². The number of methoxy groups -OCH3 is 1. The van der Waals surface area contributed by atoms with Crippen LogP contribution in [-0.4, -0.2) is 61.0 Å². The molecule has 0 spiro atoms. The molecular weight excluding hydrogens is 436 g/mol. The maximum absolute atomic E-state index is 12.6. The second-order valence-electron chi connectivity index (χ2n) is 8.32. The zero-order valence-electron chi connectivity index (χ0n) is 16.7. The molecular formula is C20H28BrF2NO4. The molecule has 1 aromatic carbocycles. The van der Waals surface area contributed by atoms with Gasteiger partial charge in [0.05, 0.1) is 29.4 Å². The monoisotopic (exact) mass is 463 g/mol. The van der Waals surface area contributed by atoms with E-state index in [0.717, 1.165) is 24.1 Å². The second-order valence-corrected chi connectivity index (χ2v) is 9.12. The molecule has 0 bridgehead atoms. The number of nitrogens with zero attached hydrogens (tertiary/aromatic N) is 1. The van der Waals surface area contributed by atoms with Gasteiger partial charge in [0.1, 0.15) is 6.61 Å². The van der Waals surface area contributed by atoms with Crippen molar-refractivity contribution in [3.05, 3.63) is 21.7 Å². The fourth-order valence-corrected chi connectivity index (χ4v) is 4.79. The number of aliphatic hydroxyl groups is 1. The van der Waals surface area contributed by atoms with E-state index >= 15 is 0 Å². The van der Waals surface area contributed by atoms with Crippen LogP contribution >= 0.6 is 15.9 Å². The van der Waals surface area contributed by atoms with Crippen LogP contribution in [0.25, 0.3) is 0 Å². The van der Waals surface area contributed by atoms with Crippen molar-refractivity contribution in [2.75, 3.05) is 26.8 Å². The zero-order chi connectivity index (χ0) is 20.6. The number of fused-ring (bicyclic) bond motifs is 3. The van der Waals surface area contributed by atoms with Gasteiger partial charge in [0.2, 0.25) is 0 Å². The number of alkyl halides is 2. The Hall–Kier alpha value is -0.960. The molecule has 3 rings (SSSR count). The Bertz CT molecular complexity index is 710. The van der Waals surface area contributed by atoms with Gasteiger partial charge in [-0.25, -0.2) is 8.78 Å². The Morgan fingerprint density at radius 1 is 1.36 bits per heavy atom. The third kappa shape index (κ3) is 4.61. The molecule has 158 valence electrons. The van der Waals surface area contributed by atoms with Crippen LogP contribution in [0.3, 0.4) is 0 Å². The molecule has 0 unspecified atom stereocenters. The number of ether oxygens (including phenoxy) is 3. The zero-order valence-corrected chi connectivity index (χ0v) is 18.3. The molecule has 5 nitrogen and oxygen atoms in total. The van der Waals surface area contributed by atoms with Crippen LogP contribution in [-0.2, 0) is 11.2 Å². The summed E-state index contributed by atoms with van der Waals surface area (Å²) in [6, 6.07) is 1.88. The first-order chi connectivity index (χ1) is 13.1. The summed E-state index contributed by atoms with van der Waals surface area (Å²) in [7, 11) is 1.49. The highest BCUT2D eigenvalue weighted by Gasteiger charge is 2.41. The van der Waals surface area contributed by atoms with E-state index in [1.807, 2.05) is 26.8 Å². The van der Waals surface area contributed by atoms with E-state index in [1.165, 1.54) is 7.11 Å². The molecule has 28 heavy (non-hydrogen) atoms. The van der Waals surface area contributed by atoms with E-state index in [4.69, 9.17) is 14.2 Å². The highest BCUT2D eigenvalue weighted by atomic mass is 79.9. The maximum atomic E-state index is 12.6. The summed E-state index contributed by atoms with van der Waals surface area (Å²) in [6.07, 6.45) is -2.08. The van der Waals surface area contributed by atoms with Gasteiger partial charge in [-0.05, 0) is 66.7 Å². The summed E-state index contributed by atoms with van der Waals surface area (Å²) in [5.74, 6) is 0.719. The third-order valence-corrected chi connectivity index (χ3v) is 6.00. The van der Waals surface area contributed by atoms with Crippen molar-refractivity contribution < 1.29 is 28.1 Å². The topological polar surface area (TPSA) is 51.2 Å². The molecule has 1 N–H and O–H groups in total. The second kappa shape index (κ2) is 8.42. The lowest BCUT2D eigenvalue weighted by atomic mass is 9.84. The van der Waals surface area contributed by atoms with Gasteiger partial charge < -0.3 is 19.3 Å². The minimum absolute atomic E-state index is 0.0212. The lowest BCUT2D eigenvalue weighted by Crippen LogP contribution is -2.53. The Morgan fingerprint density at radius 2 is 2.07 bits per heavy atom. The van der Waals surface area contributed by atoms with Crippen molar-refractivity contribution in [2.24, 2.45) is 0 Å². The predicted molar refractivity (Wildman–Crippen MR) is 105 cm³/mol. The minimum atomic E-state index is -2.56. The molecule has 0 aromatic heterocycles. The van der Waals surface area contributed by atoms with E-state index in [-0.39, 0.29) is 17.7 Å². The standard InChI is InChI=1S/C20H28BrF2NO4/c1-20(2,3)28-16-9-24-6-5-11-12(13(24)8-14(16)25)7-15(26-4)19(18(11)21)27-10-17(22)23/h7,13-14,16-17,25H,5-6,8-10H2,1-4H3/t13-,14-,16-/m1/s1. The average molecular weight is 464 g/mol. The summed E-state index contributed by atoms with van der Waals surface area (Å²) in [4.78, 5) is 2.32. The van der Waals surface area contributed by atoms with E-state index < -0.39 is 19.1 Å². The van der Waals surface area contributed by atoms with Gasteiger partial charge >= 0.3 is 0 Å². The highest BCUT2D eigenvalue weighted by Crippen LogP contribution is 2.47. The van der Waals surface area contributed by atoms with Crippen LogP contribution < -0.4 is 9.47 Å². The van der Waals surface area contributed by atoms with Gasteiger partial charge in [-0.15, -0.1) is 0 Å².